The molecular formula is C18H19ClN4O2. The Morgan fingerprint density at radius 1 is 1.40 bits per heavy atom. The topological polar surface area (TPSA) is 82.5 Å². The molecule has 0 bridgehead atoms. The van der Waals surface area contributed by atoms with Crippen molar-refractivity contribution in [3.05, 3.63) is 46.7 Å². The average Bonchev–Trinajstić information content (AvgIpc) is 2.96. The molecule has 1 aromatic carbocycles. The second-order valence-corrected chi connectivity index (χ2v) is 6.37. The maximum absolute atomic E-state index is 12.0. The van der Waals surface area contributed by atoms with Gasteiger partial charge >= 0.3 is 5.97 Å². The first-order valence-electron chi connectivity index (χ1n) is 8.04. The van der Waals surface area contributed by atoms with E-state index in [1.54, 1.807) is 6.92 Å². The van der Waals surface area contributed by atoms with Gasteiger partial charge in [0, 0.05) is 11.2 Å². The molecule has 7 heteroatoms. The van der Waals surface area contributed by atoms with Crippen molar-refractivity contribution in [2.75, 3.05) is 12.3 Å². The smallest absolute Gasteiger partial charge is 0.343 e. The molecule has 0 unspecified atom stereocenters. The molecule has 130 valence electrons. The van der Waals surface area contributed by atoms with Crippen LogP contribution in [0.3, 0.4) is 0 Å². The van der Waals surface area contributed by atoms with Crippen LogP contribution in [0.15, 0.2) is 30.5 Å². The average molecular weight is 359 g/mol. The Hall–Kier alpha value is -2.60. The van der Waals surface area contributed by atoms with Crippen LogP contribution >= 0.6 is 11.6 Å². The zero-order valence-electron chi connectivity index (χ0n) is 14.3. The first-order valence-corrected chi connectivity index (χ1v) is 8.42. The van der Waals surface area contributed by atoms with Crippen molar-refractivity contribution in [3.63, 3.8) is 0 Å². The fourth-order valence-corrected chi connectivity index (χ4v) is 2.90. The standard InChI is InChI=1S/C18H19ClN4O2/c1-4-25-18(24)13-9-21-17-14(11-6-5-7-12(19)8-11)15(10(2)3)22-23(17)16(13)20/h5-10H,4,20H2,1-3H3. The van der Waals surface area contributed by atoms with Gasteiger partial charge in [-0.05, 0) is 30.5 Å². The number of ether oxygens (including phenoxy) is 1. The number of fused-ring (bicyclic) bond motifs is 1. The molecule has 6 nitrogen and oxygen atoms in total. The van der Waals surface area contributed by atoms with Crippen LogP contribution in [0.25, 0.3) is 16.8 Å². The van der Waals surface area contributed by atoms with E-state index in [2.05, 4.69) is 10.1 Å². The van der Waals surface area contributed by atoms with Crippen LogP contribution in [0.1, 0.15) is 42.7 Å². The lowest BCUT2D eigenvalue weighted by atomic mass is 9.99. The minimum atomic E-state index is -0.514. The minimum Gasteiger partial charge on any atom is -0.462 e. The largest absolute Gasteiger partial charge is 0.462 e. The van der Waals surface area contributed by atoms with Crippen LogP contribution in [0.5, 0.6) is 0 Å². The van der Waals surface area contributed by atoms with Gasteiger partial charge in [-0.1, -0.05) is 37.6 Å². The summed E-state index contributed by atoms with van der Waals surface area (Å²) in [4.78, 5) is 16.5. The molecule has 2 aromatic heterocycles. The summed E-state index contributed by atoms with van der Waals surface area (Å²) in [6.45, 7) is 6.08. The summed E-state index contributed by atoms with van der Waals surface area (Å²) in [5, 5.41) is 5.23. The van der Waals surface area contributed by atoms with E-state index in [-0.39, 0.29) is 23.9 Å². The van der Waals surface area contributed by atoms with E-state index in [1.807, 2.05) is 38.1 Å². The lowest BCUT2D eigenvalue weighted by Crippen LogP contribution is -2.12. The van der Waals surface area contributed by atoms with E-state index in [1.165, 1.54) is 10.7 Å². The van der Waals surface area contributed by atoms with E-state index in [0.29, 0.717) is 10.7 Å². The lowest BCUT2D eigenvalue weighted by Gasteiger charge is -2.07. The van der Waals surface area contributed by atoms with Crippen molar-refractivity contribution >= 4 is 29.0 Å². The number of nitrogens with zero attached hydrogens (tertiary/aromatic N) is 3. The second-order valence-electron chi connectivity index (χ2n) is 5.94. The van der Waals surface area contributed by atoms with Gasteiger partial charge in [0.05, 0.1) is 17.9 Å². The Bertz CT molecular complexity index is 950. The number of halogens is 1. The number of nitrogens with two attached hydrogens (primary N) is 1. The van der Waals surface area contributed by atoms with Crippen LogP contribution < -0.4 is 5.73 Å². The number of aromatic nitrogens is 3. The zero-order chi connectivity index (χ0) is 18.1. The molecule has 0 radical (unpaired) electrons. The van der Waals surface area contributed by atoms with Crippen molar-refractivity contribution in [1.29, 1.82) is 0 Å². The molecule has 3 rings (SSSR count). The van der Waals surface area contributed by atoms with Gasteiger partial charge in [0.2, 0.25) is 0 Å². The molecule has 2 N–H and O–H groups in total. The van der Waals surface area contributed by atoms with Gasteiger partial charge in [0.15, 0.2) is 5.65 Å². The summed E-state index contributed by atoms with van der Waals surface area (Å²) in [5.74, 6) is -0.167. The Kier molecular flexibility index (Phi) is 4.63. The number of carbonyl (C=O) groups is 1. The Morgan fingerprint density at radius 2 is 2.16 bits per heavy atom. The molecule has 3 aromatic rings. The quantitative estimate of drug-likeness (QED) is 0.714. The molecular weight excluding hydrogens is 340 g/mol. The molecule has 2 heterocycles. The molecule has 0 saturated carbocycles. The maximum atomic E-state index is 12.0. The Labute approximate surface area is 150 Å². The van der Waals surface area contributed by atoms with Crippen molar-refractivity contribution in [1.82, 2.24) is 14.6 Å². The third kappa shape index (κ3) is 3.05. The fraction of sp³-hybridized carbons (Fsp3) is 0.278. The monoisotopic (exact) mass is 358 g/mol. The molecule has 0 aliphatic carbocycles. The number of anilines is 1. The molecule has 0 spiro atoms. The maximum Gasteiger partial charge on any atom is 0.343 e. The van der Waals surface area contributed by atoms with E-state index >= 15 is 0 Å². The number of hydrogen-bond acceptors (Lipinski definition) is 5. The number of nitrogen functional groups attached to an aromatic ring is 1. The van der Waals surface area contributed by atoms with Crippen molar-refractivity contribution in [2.24, 2.45) is 0 Å². The van der Waals surface area contributed by atoms with Crippen LogP contribution in [-0.4, -0.2) is 27.2 Å². The molecule has 0 fully saturated rings. The highest BCUT2D eigenvalue weighted by Crippen LogP contribution is 2.34. The van der Waals surface area contributed by atoms with E-state index in [0.717, 1.165) is 16.8 Å². The molecule has 0 aliphatic rings. The van der Waals surface area contributed by atoms with Crippen LogP contribution in [0, 0.1) is 0 Å². The minimum absolute atomic E-state index is 0.140. The highest BCUT2D eigenvalue weighted by molar-refractivity contribution is 6.30. The predicted octanol–water partition coefficient (Wildman–Crippen LogP) is 3.93. The Morgan fingerprint density at radius 3 is 2.80 bits per heavy atom. The highest BCUT2D eigenvalue weighted by Gasteiger charge is 2.23. The van der Waals surface area contributed by atoms with Crippen LogP contribution in [0.2, 0.25) is 5.02 Å². The van der Waals surface area contributed by atoms with E-state index < -0.39 is 5.97 Å². The van der Waals surface area contributed by atoms with Gasteiger partial charge < -0.3 is 10.5 Å². The molecule has 0 aliphatic heterocycles. The zero-order valence-corrected chi connectivity index (χ0v) is 15.0. The Balaban J connectivity index is 2.28. The predicted molar refractivity (Wildman–Crippen MR) is 97.9 cm³/mol. The van der Waals surface area contributed by atoms with Crippen LogP contribution in [0.4, 0.5) is 5.82 Å². The SMILES string of the molecule is CCOC(=O)c1cnc2c(-c3cccc(Cl)c3)c(C(C)C)nn2c1N. The van der Waals surface area contributed by atoms with Crippen LogP contribution in [-0.2, 0) is 4.74 Å². The summed E-state index contributed by atoms with van der Waals surface area (Å²) < 4.78 is 6.52. The highest BCUT2D eigenvalue weighted by atomic mass is 35.5. The van der Waals surface area contributed by atoms with Gasteiger partial charge in [0.25, 0.3) is 0 Å². The summed E-state index contributed by atoms with van der Waals surface area (Å²) in [6.07, 6.45) is 1.43. The second kappa shape index (κ2) is 6.72. The van der Waals surface area contributed by atoms with Crippen molar-refractivity contribution < 1.29 is 9.53 Å². The number of hydrogen-bond donors (Lipinski definition) is 1. The van der Waals surface area contributed by atoms with E-state index in [4.69, 9.17) is 22.1 Å². The summed E-state index contributed by atoms with van der Waals surface area (Å²) in [6, 6.07) is 7.50. The van der Waals surface area contributed by atoms with E-state index in [9.17, 15) is 4.79 Å². The molecule has 0 atom stereocenters. The number of benzene rings is 1. The summed E-state index contributed by atoms with van der Waals surface area (Å²) in [7, 11) is 0. The van der Waals surface area contributed by atoms with Gasteiger partial charge in [0.1, 0.15) is 11.4 Å². The van der Waals surface area contributed by atoms with Crippen molar-refractivity contribution in [2.45, 2.75) is 26.7 Å². The first-order chi connectivity index (χ1) is 11.9. The summed E-state index contributed by atoms with van der Waals surface area (Å²) in [5.41, 5.74) is 9.55. The molecule has 0 saturated heterocycles. The molecule has 0 amide bonds. The number of esters is 1. The molecule has 25 heavy (non-hydrogen) atoms. The van der Waals surface area contributed by atoms with Gasteiger partial charge in [-0.25, -0.2) is 9.78 Å². The summed E-state index contributed by atoms with van der Waals surface area (Å²) >= 11 is 6.14. The van der Waals surface area contributed by atoms with Gasteiger partial charge in [-0.2, -0.15) is 9.61 Å². The lowest BCUT2D eigenvalue weighted by molar-refractivity contribution is 0.0526. The fourth-order valence-electron chi connectivity index (χ4n) is 2.71. The van der Waals surface area contributed by atoms with Crippen molar-refractivity contribution in [3.8, 4) is 11.1 Å². The first kappa shape index (κ1) is 17.2. The van der Waals surface area contributed by atoms with Gasteiger partial charge in [-0.3, -0.25) is 0 Å². The number of carbonyl (C=O) groups excluding carboxylic acids is 1. The third-order valence-electron chi connectivity index (χ3n) is 3.86. The third-order valence-corrected chi connectivity index (χ3v) is 4.10. The van der Waals surface area contributed by atoms with Gasteiger partial charge in [-0.15, -0.1) is 0 Å². The number of rotatable bonds is 4. The normalized spacial score (nSPS) is 11.2.